The van der Waals surface area contributed by atoms with Crippen LogP contribution in [0.1, 0.15) is 27.2 Å². The number of nitrogens with one attached hydrogen (secondary N) is 1. The van der Waals surface area contributed by atoms with Gasteiger partial charge in [-0.1, -0.05) is 13.8 Å². The van der Waals surface area contributed by atoms with Gasteiger partial charge in [-0.05, 0) is 13.3 Å². The second kappa shape index (κ2) is 5.40. The number of ether oxygens (including phenoxy) is 1. The van der Waals surface area contributed by atoms with E-state index in [-0.39, 0.29) is 23.5 Å². The summed E-state index contributed by atoms with van der Waals surface area (Å²) in [5.41, 5.74) is 5.77. The minimum atomic E-state index is 0.0513. The highest BCUT2D eigenvalue weighted by molar-refractivity contribution is 5.42. The number of aromatic nitrogens is 3. The van der Waals surface area contributed by atoms with Crippen molar-refractivity contribution in [2.75, 3.05) is 36.7 Å². The van der Waals surface area contributed by atoms with E-state index in [2.05, 4.69) is 34.1 Å². The van der Waals surface area contributed by atoms with Gasteiger partial charge in [0.15, 0.2) is 0 Å². The quantitative estimate of drug-likeness (QED) is 0.835. The van der Waals surface area contributed by atoms with Crippen molar-refractivity contribution in [1.29, 1.82) is 0 Å². The predicted molar refractivity (Wildman–Crippen MR) is 79.8 cm³/mol. The molecule has 0 aliphatic heterocycles. The molecule has 20 heavy (non-hydrogen) atoms. The molecule has 2 atom stereocenters. The summed E-state index contributed by atoms with van der Waals surface area (Å²) in [6.45, 7) is 7.13. The van der Waals surface area contributed by atoms with Crippen LogP contribution in [0, 0.1) is 5.41 Å². The summed E-state index contributed by atoms with van der Waals surface area (Å²) in [6, 6.07) is 0.274. The number of hydrogen-bond acceptors (Lipinski definition) is 7. The van der Waals surface area contributed by atoms with E-state index in [1.807, 2.05) is 21.0 Å². The van der Waals surface area contributed by atoms with E-state index < -0.39 is 0 Å². The lowest BCUT2D eigenvalue weighted by molar-refractivity contribution is -0.0977. The van der Waals surface area contributed by atoms with E-state index >= 15 is 0 Å². The summed E-state index contributed by atoms with van der Waals surface area (Å²) in [6.07, 6.45) is 1.22. The van der Waals surface area contributed by atoms with Gasteiger partial charge in [-0.2, -0.15) is 15.0 Å². The second-order valence-electron chi connectivity index (χ2n) is 5.91. The SMILES string of the molecule is CCOC1CC(Nc2nc(N)nc(N(C)C)n2)C1(C)C. The van der Waals surface area contributed by atoms with Crippen molar-refractivity contribution in [1.82, 2.24) is 15.0 Å². The standard InChI is InChI=1S/C13H24N6O/c1-6-20-9-7-8(13(9,2)3)15-11-16-10(14)17-12(18-11)19(4)5/h8-9H,6-7H2,1-5H3,(H3,14,15,16,17,18). The molecule has 2 rings (SSSR count). The molecule has 0 aromatic carbocycles. The first-order chi connectivity index (χ1) is 9.34. The Bertz CT molecular complexity index is 476. The molecular formula is C13H24N6O. The van der Waals surface area contributed by atoms with Gasteiger partial charge < -0.3 is 20.7 Å². The summed E-state index contributed by atoms with van der Waals surface area (Å²) >= 11 is 0. The molecule has 7 heteroatoms. The van der Waals surface area contributed by atoms with Crippen LogP contribution in [0.25, 0.3) is 0 Å². The maximum atomic E-state index is 5.72. The van der Waals surface area contributed by atoms with E-state index in [1.54, 1.807) is 4.90 Å². The molecule has 1 aromatic heterocycles. The number of rotatable bonds is 5. The number of hydrogen-bond donors (Lipinski definition) is 2. The molecule has 0 radical (unpaired) electrons. The van der Waals surface area contributed by atoms with Crippen LogP contribution in [0.4, 0.5) is 17.8 Å². The molecule has 3 N–H and O–H groups in total. The Kier molecular flexibility index (Phi) is 3.99. The normalized spacial score (nSPS) is 24.1. The Morgan fingerprint density at radius 2 is 2.05 bits per heavy atom. The molecule has 0 bridgehead atoms. The lowest BCUT2D eigenvalue weighted by atomic mass is 9.64. The van der Waals surface area contributed by atoms with Gasteiger partial charge in [0, 0.05) is 32.2 Å². The van der Waals surface area contributed by atoms with Gasteiger partial charge in [0.25, 0.3) is 0 Å². The fourth-order valence-electron chi connectivity index (χ4n) is 2.42. The average molecular weight is 280 g/mol. The molecule has 1 aliphatic rings. The summed E-state index contributed by atoms with van der Waals surface area (Å²) in [7, 11) is 3.74. The minimum Gasteiger partial charge on any atom is -0.378 e. The lowest BCUT2D eigenvalue weighted by Crippen LogP contribution is -2.58. The van der Waals surface area contributed by atoms with Gasteiger partial charge in [-0.15, -0.1) is 0 Å². The van der Waals surface area contributed by atoms with Gasteiger partial charge >= 0.3 is 0 Å². The van der Waals surface area contributed by atoms with Gasteiger partial charge in [-0.25, -0.2) is 0 Å². The first-order valence-electron chi connectivity index (χ1n) is 6.91. The summed E-state index contributed by atoms with van der Waals surface area (Å²) in [5.74, 6) is 1.30. The molecule has 1 aromatic rings. The largest absolute Gasteiger partial charge is 0.378 e. The van der Waals surface area contributed by atoms with Gasteiger partial charge in [0.1, 0.15) is 0 Å². The van der Waals surface area contributed by atoms with E-state index in [0.717, 1.165) is 13.0 Å². The van der Waals surface area contributed by atoms with Crippen LogP contribution in [0.15, 0.2) is 0 Å². The Balaban J connectivity index is 2.08. The van der Waals surface area contributed by atoms with E-state index in [4.69, 9.17) is 10.5 Å². The maximum Gasteiger partial charge on any atom is 0.231 e. The first kappa shape index (κ1) is 14.8. The van der Waals surface area contributed by atoms with Gasteiger partial charge in [0.2, 0.25) is 17.8 Å². The van der Waals surface area contributed by atoms with Crippen LogP contribution in [-0.4, -0.2) is 47.8 Å². The number of nitrogen functional groups attached to an aromatic ring is 1. The van der Waals surface area contributed by atoms with E-state index in [1.165, 1.54) is 0 Å². The first-order valence-corrected chi connectivity index (χ1v) is 6.91. The Morgan fingerprint density at radius 3 is 2.60 bits per heavy atom. The van der Waals surface area contributed by atoms with Crippen LogP contribution in [0.5, 0.6) is 0 Å². The lowest BCUT2D eigenvalue weighted by Gasteiger charge is -2.51. The molecule has 1 heterocycles. The average Bonchev–Trinajstić information content (AvgIpc) is 2.37. The van der Waals surface area contributed by atoms with Crippen LogP contribution in [0.2, 0.25) is 0 Å². The monoisotopic (exact) mass is 280 g/mol. The van der Waals surface area contributed by atoms with Crippen LogP contribution in [0.3, 0.4) is 0 Å². The van der Waals surface area contributed by atoms with Crippen molar-refractivity contribution in [3.63, 3.8) is 0 Å². The third-order valence-corrected chi connectivity index (χ3v) is 3.89. The Labute approximate surface area is 119 Å². The molecule has 2 unspecified atom stereocenters. The summed E-state index contributed by atoms with van der Waals surface area (Å²) < 4.78 is 5.72. The molecule has 1 fully saturated rings. The molecule has 0 spiro atoms. The predicted octanol–water partition coefficient (Wildman–Crippen LogP) is 1.14. The van der Waals surface area contributed by atoms with E-state index in [0.29, 0.717) is 11.9 Å². The van der Waals surface area contributed by atoms with Crippen molar-refractivity contribution < 1.29 is 4.74 Å². The fourth-order valence-corrected chi connectivity index (χ4v) is 2.42. The Hall–Kier alpha value is -1.63. The molecule has 112 valence electrons. The molecular weight excluding hydrogens is 256 g/mol. The fraction of sp³-hybridized carbons (Fsp3) is 0.769. The molecule has 0 saturated heterocycles. The second-order valence-corrected chi connectivity index (χ2v) is 5.91. The Morgan fingerprint density at radius 1 is 1.35 bits per heavy atom. The van der Waals surface area contributed by atoms with Crippen molar-refractivity contribution in [3.8, 4) is 0 Å². The van der Waals surface area contributed by atoms with Crippen LogP contribution < -0.4 is 16.0 Å². The number of nitrogens with two attached hydrogens (primary N) is 1. The maximum absolute atomic E-state index is 5.72. The van der Waals surface area contributed by atoms with E-state index in [9.17, 15) is 0 Å². The van der Waals surface area contributed by atoms with Crippen LogP contribution in [-0.2, 0) is 4.74 Å². The third-order valence-electron chi connectivity index (χ3n) is 3.89. The zero-order chi connectivity index (χ0) is 14.9. The molecule has 0 amide bonds. The molecule has 7 nitrogen and oxygen atoms in total. The highest BCUT2D eigenvalue weighted by atomic mass is 16.5. The zero-order valence-electron chi connectivity index (χ0n) is 12.8. The smallest absolute Gasteiger partial charge is 0.231 e. The van der Waals surface area contributed by atoms with Crippen molar-refractivity contribution >= 4 is 17.8 Å². The summed E-state index contributed by atoms with van der Waals surface area (Å²) in [5, 5.41) is 3.34. The van der Waals surface area contributed by atoms with Gasteiger partial charge in [-0.3, -0.25) is 0 Å². The number of anilines is 3. The summed E-state index contributed by atoms with van der Waals surface area (Å²) in [4.78, 5) is 14.4. The highest BCUT2D eigenvalue weighted by Crippen LogP contribution is 2.44. The molecule has 1 aliphatic carbocycles. The highest BCUT2D eigenvalue weighted by Gasteiger charge is 2.49. The minimum absolute atomic E-state index is 0.0513. The topological polar surface area (TPSA) is 89.2 Å². The van der Waals surface area contributed by atoms with Gasteiger partial charge in [0.05, 0.1) is 6.10 Å². The van der Waals surface area contributed by atoms with Crippen LogP contribution >= 0.6 is 0 Å². The van der Waals surface area contributed by atoms with Crippen molar-refractivity contribution in [3.05, 3.63) is 0 Å². The third kappa shape index (κ3) is 2.77. The zero-order valence-corrected chi connectivity index (χ0v) is 12.8. The van der Waals surface area contributed by atoms with Crippen molar-refractivity contribution in [2.24, 2.45) is 5.41 Å². The molecule has 1 saturated carbocycles. The number of nitrogens with zero attached hydrogens (tertiary/aromatic N) is 4. The van der Waals surface area contributed by atoms with Crippen molar-refractivity contribution in [2.45, 2.75) is 39.3 Å².